The zero-order valence-corrected chi connectivity index (χ0v) is 11.7. The Morgan fingerprint density at radius 1 is 0.929 bits per heavy atom. The SMILES string of the molecule is O=C([O-])c1nccnc1C(=O)[O-].[Na+].[Na+]. The average molecular weight is 212 g/mol. The molecule has 1 heterocycles. The summed E-state index contributed by atoms with van der Waals surface area (Å²) in [7, 11) is 0. The second-order valence-corrected chi connectivity index (χ2v) is 1.83. The van der Waals surface area contributed by atoms with Crippen molar-refractivity contribution in [2.75, 3.05) is 0 Å². The zero-order valence-electron chi connectivity index (χ0n) is 7.68. The van der Waals surface area contributed by atoms with Crippen molar-refractivity contribution in [2.45, 2.75) is 0 Å². The number of aromatic carboxylic acids is 2. The van der Waals surface area contributed by atoms with Crippen LogP contribution in [0.1, 0.15) is 21.0 Å². The van der Waals surface area contributed by atoms with E-state index in [1.807, 2.05) is 0 Å². The molecular weight excluding hydrogens is 210 g/mol. The Balaban J connectivity index is 0. The van der Waals surface area contributed by atoms with Crippen LogP contribution >= 0.6 is 0 Å². The molecule has 0 N–H and O–H groups in total. The second-order valence-electron chi connectivity index (χ2n) is 1.83. The molecule has 0 unspecified atom stereocenters. The molecule has 1 rings (SSSR count). The topological polar surface area (TPSA) is 106 Å². The maximum atomic E-state index is 10.2. The van der Waals surface area contributed by atoms with Gasteiger partial charge in [-0.05, 0) is 0 Å². The Morgan fingerprint density at radius 2 is 1.21 bits per heavy atom. The van der Waals surface area contributed by atoms with Crippen molar-refractivity contribution in [2.24, 2.45) is 0 Å². The number of aromatic nitrogens is 2. The number of hydrogen-bond acceptors (Lipinski definition) is 6. The molecule has 0 aromatic carbocycles. The van der Waals surface area contributed by atoms with Crippen LogP contribution in [-0.4, -0.2) is 21.9 Å². The normalized spacial score (nSPS) is 8.00. The molecule has 8 heteroatoms. The summed E-state index contributed by atoms with van der Waals surface area (Å²) >= 11 is 0. The monoisotopic (exact) mass is 212 g/mol. The number of carbonyl (C=O) groups is 2. The molecule has 0 fully saturated rings. The smallest absolute Gasteiger partial charge is 0.543 e. The van der Waals surface area contributed by atoms with Gasteiger partial charge in [0.25, 0.3) is 0 Å². The molecule has 62 valence electrons. The zero-order chi connectivity index (χ0) is 9.14. The molecule has 0 amide bonds. The van der Waals surface area contributed by atoms with Crippen molar-refractivity contribution >= 4 is 11.9 Å². The van der Waals surface area contributed by atoms with Gasteiger partial charge in [-0.25, -0.2) is 0 Å². The summed E-state index contributed by atoms with van der Waals surface area (Å²) in [5.74, 6) is -3.38. The predicted octanol–water partition coefficient (Wildman–Crippen LogP) is -8.79. The fourth-order valence-corrected chi connectivity index (χ4v) is 0.637. The van der Waals surface area contributed by atoms with Crippen molar-refractivity contribution < 1.29 is 78.9 Å². The van der Waals surface area contributed by atoms with Gasteiger partial charge in [0.2, 0.25) is 0 Å². The molecule has 0 saturated heterocycles. The number of rotatable bonds is 2. The molecule has 1 aromatic heterocycles. The van der Waals surface area contributed by atoms with Gasteiger partial charge in [0.1, 0.15) is 11.4 Å². The second kappa shape index (κ2) is 7.33. The Morgan fingerprint density at radius 3 is 1.43 bits per heavy atom. The summed E-state index contributed by atoms with van der Waals surface area (Å²) in [6, 6.07) is 0. The van der Waals surface area contributed by atoms with Crippen LogP contribution in [0.4, 0.5) is 0 Å². The molecular formula is C6H2N2Na2O4. The molecule has 0 aliphatic rings. The van der Waals surface area contributed by atoms with Gasteiger partial charge in [0.15, 0.2) is 0 Å². The molecule has 0 aliphatic carbocycles. The van der Waals surface area contributed by atoms with Gasteiger partial charge in [-0.15, -0.1) is 0 Å². The van der Waals surface area contributed by atoms with Crippen molar-refractivity contribution in [1.29, 1.82) is 0 Å². The van der Waals surface area contributed by atoms with Gasteiger partial charge in [-0.2, -0.15) is 0 Å². The Hall–Kier alpha value is 0.0200. The average Bonchev–Trinajstić information content (AvgIpc) is 2.04. The number of hydrogen-bond donors (Lipinski definition) is 0. The van der Waals surface area contributed by atoms with Crippen LogP contribution in [0.2, 0.25) is 0 Å². The van der Waals surface area contributed by atoms with E-state index in [9.17, 15) is 19.8 Å². The summed E-state index contributed by atoms with van der Waals surface area (Å²) in [6.07, 6.45) is 2.11. The summed E-state index contributed by atoms with van der Waals surface area (Å²) in [4.78, 5) is 27.0. The van der Waals surface area contributed by atoms with E-state index in [4.69, 9.17) is 0 Å². The minimum absolute atomic E-state index is 0. The summed E-state index contributed by atoms with van der Waals surface area (Å²) < 4.78 is 0. The van der Waals surface area contributed by atoms with Crippen molar-refractivity contribution in [3.63, 3.8) is 0 Å². The van der Waals surface area contributed by atoms with Crippen LogP contribution < -0.4 is 69.3 Å². The number of carbonyl (C=O) groups excluding carboxylic acids is 2. The van der Waals surface area contributed by atoms with Crippen LogP contribution in [0, 0.1) is 0 Å². The summed E-state index contributed by atoms with van der Waals surface area (Å²) in [5.41, 5.74) is -1.45. The van der Waals surface area contributed by atoms with E-state index < -0.39 is 23.3 Å². The molecule has 0 bridgehead atoms. The van der Waals surface area contributed by atoms with Crippen LogP contribution in [-0.2, 0) is 0 Å². The van der Waals surface area contributed by atoms with Crippen molar-refractivity contribution in [1.82, 2.24) is 9.97 Å². The van der Waals surface area contributed by atoms with Crippen molar-refractivity contribution in [3.8, 4) is 0 Å². The van der Waals surface area contributed by atoms with E-state index >= 15 is 0 Å². The molecule has 1 aromatic rings. The summed E-state index contributed by atoms with van der Waals surface area (Å²) in [6.45, 7) is 0. The standard InChI is InChI=1S/C6H4N2O4.2Na/c9-5(10)3-4(6(11)12)8-2-1-7-3;;/h1-2H,(H,9,10)(H,11,12);;/q;2*+1/p-2. The first-order valence-corrected chi connectivity index (χ1v) is 2.86. The largest absolute Gasteiger partial charge is 1.00 e. The number of carboxylic acids is 2. The van der Waals surface area contributed by atoms with Crippen LogP contribution in [0.5, 0.6) is 0 Å². The maximum Gasteiger partial charge on any atom is 1.00 e. The van der Waals surface area contributed by atoms with Gasteiger partial charge >= 0.3 is 59.1 Å². The van der Waals surface area contributed by atoms with Crippen LogP contribution in [0.25, 0.3) is 0 Å². The summed E-state index contributed by atoms with van der Waals surface area (Å²) in [5, 5.41) is 20.4. The third-order valence-electron chi connectivity index (χ3n) is 1.08. The van der Waals surface area contributed by atoms with Crippen LogP contribution in [0.15, 0.2) is 12.4 Å². The van der Waals surface area contributed by atoms with E-state index in [1.54, 1.807) is 0 Å². The van der Waals surface area contributed by atoms with Crippen LogP contribution in [0.3, 0.4) is 0 Å². The van der Waals surface area contributed by atoms with E-state index in [0.717, 1.165) is 12.4 Å². The number of nitrogens with zero attached hydrogens (tertiary/aromatic N) is 2. The third kappa shape index (κ3) is 4.04. The first-order valence-electron chi connectivity index (χ1n) is 2.86. The third-order valence-corrected chi connectivity index (χ3v) is 1.08. The quantitative estimate of drug-likeness (QED) is 0.450. The molecule has 0 saturated carbocycles. The maximum absolute atomic E-state index is 10.2. The van der Waals surface area contributed by atoms with E-state index in [1.165, 1.54) is 0 Å². The van der Waals surface area contributed by atoms with E-state index in [2.05, 4.69) is 9.97 Å². The first-order chi connectivity index (χ1) is 5.63. The minimum atomic E-state index is -1.69. The molecule has 6 nitrogen and oxygen atoms in total. The minimum Gasteiger partial charge on any atom is -0.543 e. The van der Waals surface area contributed by atoms with Crippen molar-refractivity contribution in [3.05, 3.63) is 23.8 Å². The fraction of sp³-hybridized carbons (Fsp3) is 0. The van der Waals surface area contributed by atoms with Gasteiger partial charge in [-0.3, -0.25) is 9.97 Å². The Kier molecular flexibility index (Phi) is 8.61. The molecule has 0 radical (unpaired) electrons. The molecule has 0 atom stereocenters. The molecule has 14 heavy (non-hydrogen) atoms. The van der Waals surface area contributed by atoms with Gasteiger partial charge < -0.3 is 19.8 Å². The van der Waals surface area contributed by atoms with Gasteiger partial charge in [-0.1, -0.05) is 0 Å². The Labute approximate surface area is 123 Å². The molecule has 0 aliphatic heterocycles. The fourth-order valence-electron chi connectivity index (χ4n) is 0.637. The first kappa shape index (κ1) is 16.4. The van der Waals surface area contributed by atoms with E-state index in [0.29, 0.717) is 0 Å². The molecule has 0 spiro atoms. The Bertz CT molecular complexity index is 311. The predicted molar refractivity (Wildman–Crippen MR) is 30.7 cm³/mol. The van der Waals surface area contributed by atoms with Gasteiger partial charge in [0.05, 0.1) is 11.9 Å². The number of carboxylic acid groups (broad SMARTS) is 2. The van der Waals surface area contributed by atoms with Gasteiger partial charge in [0, 0.05) is 12.4 Å². The van der Waals surface area contributed by atoms with E-state index in [-0.39, 0.29) is 59.1 Å².